The fourth-order valence-corrected chi connectivity index (χ4v) is 1.32. The van der Waals surface area contributed by atoms with Crippen molar-refractivity contribution in [3.05, 3.63) is 17.8 Å². The van der Waals surface area contributed by atoms with Gasteiger partial charge in [0.2, 0.25) is 0 Å². The summed E-state index contributed by atoms with van der Waals surface area (Å²) in [5.41, 5.74) is 0.974. The maximum absolute atomic E-state index is 9.61. The highest BCUT2D eigenvalue weighted by atomic mass is 16.5. The maximum Gasteiger partial charge on any atom is 0.256 e. The van der Waals surface area contributed by atoms with Gasteiger partial charge < -0.3 is 9.84 Å². The van der Waals surface area contributed by atoms with E-state index >= 15 is 0 Å². The van der Waals surface area contributed by atoms with Gasteiger partial charge in [0.05, 0.1) is 7.11 Å². The van der Waals surface area contributed by atoms with E-state index in [0.29, 0.717) is 11.8 Å². The lowest BCUT2D eigenvalue weighted by molar-refractivity contribution is 0.356. The third kappa shape index (κ3) is 1.11. The van der Waals surface area contributed by atoms with E-state index in [1.54, 1.807) is 6.20 Å². The van der Waals surface area contributed by atoms with Gasteiger partial charge in [-0.3, -0.25) is 0 Å². The Balaban J connectivity index is 2.40. The van der Waals surface area contributed by atoms with Crippen molar-refractivity contribution in [3.63, 3.8) is 0 Å². The Morgan fingerprint density at radius 1 is 1.58 bits per heavy atom. The molecule has 1 fully saturated rings. The minimum atomic E-state index is 0.211. The molecule has 1 N–H and O–H groups in total. The number of hydrogen-bond acceptors (Lipinski definition) is 3. The molecule has 12 heavy (non-hydrogen) atoms. The van der Waals surface area contributed by atoms with Crippen LogP contribution in [0.3, 0.4) is 0 Å². The first kappa shape index (κ1) is 7.40. The Hall–Kier alpha value is -1.25. The van der Waals surface area contributed by atoms with Gasteiger partial charge in [0, 0.05) is 11.8 Å². The zero-order valence-corrected chi connectivity index (χ0v) is 6.95. The number of aromatic hydroxyl groups is 1. The summed E-state index contributed by atoms with van der Waals surface area (Å²) < 4.78 is 4.90. The van der Waals surface area contributed by atoms with Gasteiger partial charge in [0.25, 0.3) is 5.88 Å². The predicted octanol–water partition coefficient (Wildman–Crippen LogP) is 1.67. The van der Waals surface area contributed by atoms with E-state index in [2.05, 4.69) is 4.98 Å². The lowest BCUT2D eigenvalue weighted by Gasteiger charge is -2.05. The molecule has 0 amide bonds. The second-order valence-corrected chi connectivity index (χ2v) is 3.03. The van der Waals surface area contributed by atoms with Crippen molar-refractivity contribution in [2.24, 2.45) is 0 Å². The lowest BCUT2D eigenvalue weighted by atomic mass is 10.1. The number of pyridine rings is 1. The van der Waals surface area contributed by atoms with Crippen molar-refractivity contribution in [2.75, 3.05) is 7.11 Å². The van der Waals surface area contributed by atoms with Gasteiger partial charge in [-0.2, -0.15) is 0 Å². The molecule has 1 aromatic heterocycles. The molecule has 0 radical (unpaired) electrons. The van der Waals surface area contributed by atoms with Crippen molar-refractivity contribution < 1.29 is 9.84 Å². The normalized spacial score (nSPS) is 16.1. The van der Waals surface area contributed by atoms with Gasteiger partial charge >= 0.3 is 0 Å². The third-order valence-corrected chi connectivity index (χ3v) is 2.13. The summed E-state index contributed by atoms with van der Waals surface area (Å²) >= 11 is 0. The molecule has 3 nitrogen and oxygen atoms in total. The number of nitrogens with zero attached hydrogens (tertiary/aromatic N) is 1. The van der Waals surface area contributed by atoms with Crippen molar-refractivity contribution in [1.82, 2.24) is 4.98 Å². The summed E-state index contributed by atoms with van der Waals surface area (Å²) in [4.78, 5) is 3.90. The van der Waals surface area contributed by atoms with Crippen molar-refractivity contribution in [2.45, 2.75) is 18.8 Å². The van der Waals surface area contributed by atoms with Crippen molar-refractivity contribution >= 4 is 0 Å². The molecule has 0 aliphatic heterocycles. The Labute approximate surface area is 71.0 Å². The quantitative estimate of drug-likeness (QED) is 0.724. The summed E-state index contributed by atoms with van der Waals surface area (Å²) in [5, 5.41) is 9.61. The molecule has 0 spiro atoms. The highest BCUT2D eigenvalue weighted by molar-refractivity contribution is 5.43. The molecular formula is C9H11NO2. The Morgan fingerprint density at radius 2 is 2.33 bits per heavy atom. The second-order valence-electron chi connectivity index (χ2n) is 3.03. The minimum absolute atomic E-state index is 0.211. The molecule has 0 unspecified atom stereocenters. The van der Waals surface area contributed by atoms with Crippen LogP contribution in [-0.4, -0.2) is 17.2 Å². The van der Waals surface area contributed by atoms with Gasteiger partial charge in [0.15, 0.2) is 5.75 Å². The van der Waals surface area contributed by atoms with Crippen LogP contribution in [0.4, 0.5) is 0 Å². The molecule has 0 aromatic carbocycles. The molecule has 1 saturated carbocycles. The van der Waals surface area contributed by atoms with Gasteiger partial charge in [-0.1, -0.05) is 0 Å². The molecule has 1 aromatic rings. The van der Waals surface area contributed by atoms with Crippen LogP contribution < -0.4 is 4.74 Å². The summed E-state index contributed by atoms with van der Waals surface area (Å²) in [7, 11) is 1.51. The van der Waals surface area contributed by atoms with E-state index in [1.165, 1.54) is 20.0 Å². The number of ether oxygens (including phenoxy) is 1. The molecule has 0 bridgehead atoms. The SMILES string of the molecule is COc1nccc(C2CC2)c1O. The van der Waals surface area contributed by atoms with Crippen molar-refractivity contribution in [3.8, 4) is 11.6 Å². The number of hydrogen-bond donors (Lipinski definition) is 1. The highest BCUT2D eigenvalue weighted by Gasteiger charge is 2.27. The molecule has 3 heteroatoms. The van der Waals surface area contributed by atoms with Gasteiger partial charge in [-0.15, -0.1) is 0 Å². The fourth-order valence-electron chi connectivity index (χ4n) is 1.32. The molecule has 0 atom stereocenters. The van der Waals surface area contributed by atoms with E-state index in [-0.39, 0.29) is 5.75 Å². The van der Waals surface area contributed by atoms with E-state index < -0.39 is 0 Å². The predicted molar refractivity (Wildman–Crippen MR) is 44.4 cm³/mol. The monoisotopic (exact) mass is 165 g/mol. The van der Waals surface area contributed by atoms with Crippen LogP contribution in [0.1, 0.15) is 24.3 Å². The molecule has 1 aliphatic rings. The standard InChI is InChI=1S/C9H11NO2/c1-12-9-8(11)7(4-5-10-9)6-2-3-6/h4-6,11H,2-3H2,1H3. The first-order chi connectivity index (χ1) is 5.83. The summed E-state index contributed by atoms with van der Waals surface area (Å²) in [6.45, 7) is 0. The first-order valence-corrected chi connectivity index (χ1v) is 4.04. The van der Waals surface area contributed by atoms with Crippen LogP contribution in [0, 0.1) is 0 Å². The zero-order chi connectivity index (χ0) is 8.55. The summed E-state index contributed by atoms with van der Waals surface area (Å²) in [6.07, 6.45) is 4.01. The number of rotatable bonds is 2. The third-order valence-electron chi connectivity index (χ3n) is 2.13. The molecule has 1 aliphatic carbocycles. The second kappa shape index (κ2) is 2.66. The van der Waals surface area contributed by atoms with Gasteiger partial charge in [0.1, 0.15) is 0 Å². The van der Waals surface area contributed by atoms with Crippen molar-refractivity contribution in [1.29, 1.82) is 0 Å². The van der Waals surface area contributed by atoms with Crippen LogP contribution in [0.25, 0.3) is 0 Å². The molecule has 2 rings (SSSR count). The maximum atomic E-state index is 9.61. The smallest absolute Gasteiger partial charge is 0.256 e. The molecule has 64 valence electrons. The van der Waals surface area contributed by atoms with E-state index in [0.717, 1.165) is 5.56 Å². The molecular weight excluding hydrogens is 154 g/mol. The van der Waals surface area contributed by atoms with Crippen LogP contribution in [0.2, 0.25) is 0 Å². The Kier molecular flexibility index (Phi) is 1.64. The largest absolute Gasteiger partial charge is 0.503 e. The van der Waals surface area contributed by atoms with E-state index in [1.807, 2.05) is 6.07 Å². The average molecular weight is 165 g/mol. The van der Waals surface area contributed by atoms with Gasteiger partial charge in [-0.25, -0.2) is 4.98 Å². The van der Waals surface area contributed by atoms with Crippen LogP contribution >= 0.6 is 0 Å². The van der Waals surface area contributed by atoms with Gasteiger partial charge in [-0.05, 0) is 24.8 Å². The van der Waals surface area contributed by atoms with Crippen LogP contribution in [0.5, 0.6) is 11.6 Å². The molecule has 1 heterocycles. The lowest BCUT2D eigenvalue weighted by Crippen LogP contribution is -1.90. The average Bonchev–Trinajstić information content (AvgIpc) is 2.88. The zero-order valence-electron chi connectivity index (χ0n) is 6.95. The Morgan fingerprint density at radius 3 is 2.92 bits per heavy atom. The number of aromatic nitrogens is 1. The summed E-state index contributed by atoms with van der Waals surface area (Å²) in [5.74, 6) is 1.07. The Bertz CT molecular complexity index is 295. The minimum Gasteiger partial charge on any atom is -0.503 e. The topological polar surface area (TPSA) is 42.4 Å². The van der Waals surface area contributed by atoms with Crippen LogP contribution in [0.15, 0.2) is 12.3 Å². The summed E-state index contributed by atoms with van der Waals surface area (Å²) in [6, 6.07) is 1.86. The molecule has 0 saturated heterocycles. The first-order valence-electron chi connectivity index (χ1n) is 4.04. The highest BCUT2D eigenvalue weighted by Crippen LogP contribution is 2.45. The fraction of sp³-hybridized carbons (Fsp3) is 0.444. The number of methoxy groups -OCH3 is 1. The van der Waals surface area contributed by atoms with E-state index in [9.17, 15) is 5.11 Å². The van der Waals surface area contributed by atoms with E-state index in [4.69, 9.17) is 4.74 Å². The van der Waals surface area contributed by atoms with Crippen LogP contribution in [-0.2, 0) is 0 Å².